The summed E-state index contributed by atoms with van der Waals surface area (Å²) >= 11 is 0. The number of rotatable bonds is 50. The fraction of sp³-hybridized carbons (Fsp3) is 0.882. The maximum Gasteiger partial charge on any atom is 0.306 e. The fourth-order valence-corrected chi connectivity index (χ4v) is 17.5. The van der Waals surface area contributed by atoms with Gasteiger partial charge in [0.15, 0.2) is 56.4 Å². The van der Waals surface area contributed by atoms with E-state index < -0.39 is 352 Å². The summed E-state index contributed by atoms with van der Waals surface area (Å²) in [4.78, 5) is 127. The van der Waals surface area contributed by atoms with Gasteiger partial charge in [-0.25, -0.2) is 0 Å². The van der Waals surface area contributed by atoms with Crippen molar-refractivity contribution in [1.82, 2.24) is 0 Å². The summed E-state index contributed by atoms with van der Waals surface area (Å²) in [5.41, 5.74) is 0. The highest BCUT2D eigenvalue weighted by Crippen LogP contribution is 2.44. The van der Waals surface area contributed by atoms with Crippen molar-refractivity contribution in [1.29, 1.82) is 0 Å². The van der Waals surface area contributed by atoms with Gasteiger partial charge in [0.1, 0.15) is 248 Å². The van der Waals surface area contributed by atoms with E-state index in [0.29, 0.717) is 0 Å². The van der Waals surface area contributed by atoms with Crippen LogP contribution in [-0.4, -0.2) is 477 Å². The molecule has 0 aromatic carbocycles. The lowest BCUT2D eigenvalue weighted by Crippen LogP contribution is -2.69. The Morgan fingerprint density at radius 1 is 0.191 bits per heavy atom. The lowest BCUT2D eigenvalue weighted by atomic mass is 9.94. The van der Waals surface area contributed by atoms with Crippen LogP contribution in [0.2, 0.25) is 0 Å². The van der Waals surface area contributed by atoms with Crippen LogP contribution in [0.1, 0.15) is 75.2 Å². The SMILES string of the molecule is CO[C@@H]1[C@@H](OC)[C@@H](O)O[C@H](COC(C)=O)[C@H]1O[C@H]1O[C@H](COC(C)=O)[C@@H](O[C@H]2O[C@H](COC(C)=O)[C@@H](O[C@H]3O[C@H](COC(C)=O)[C@@H](O[C@H]4O[C@H](COC(C)=O)[C@@H](O[C@H]5O[C@H](COC(C)=O)[C@@H](O[C@H]6O[C@H](COC(C)=O)[C@@H](O[C@H]7O[C@H](COC(C)=O)[C@@H](OC(=O)CCC(C)=O)[C@@H](OC)[C@H]7OC)[C@H](OC)[C@H]6OC)[C@H](OC)[C@H]5OC)[C@H](OC)[C@H]4OC)[C@H](OC)[C@H]3OC)[C@H](OC)[C@H]2OC)[C@H](OC)[C@H]1OC. The zero-order chi connectivity index (χ0) is 100. The second-order valence-corrected chi connectivity index (χ2v) is 32.4. The number of carbonyl (C=O) groups is 10. The van der Waals surface area contributed by atoms with E-state index in [9.17, 15) is 53.1 Å². The van der Waals surface area contributed by atoms with Crippen LogP contribution in [0.4, 0.5) is 0 Å². The van der Waals surface area contributed by atoms with Gasteiger partial charge in [-0.15, -0.1) is 0 Å². The van der Waals surface area contributed by atoms with Gasteiger partial charge in [-0.3, -0.25) is 43.2 Å². The van der Waals surface area contributed by atoms with Gasteiger partial charge in [0, 0.05) is 176 Å². The van der Waals surface area contributed by atoms with Crippen molar-refractivity contribution in [2.45, 2.75) is 321 Å². The molecule has 0 aliphatic carbocycles. The number of Topliss-reactive ketones (excluding diaryl/α,β-unsaturated/α-hetero) is 1. The third-order valence-corrected chi connectivity index (χ3v) is 23.7. The van der Waals surface area contributed by atoms with E-state index in [4.69, 9.17) is 189 Å². The van der Waals surface area contributed by atoms with Crippen molar-refractivity contribution in [2.24, 2.45) is 0 Å². The van der Waals surface area contributed by atoms with Crippen LogP contribution in [0, 0.1) is 0 Å². The topological polar surface area (TPSA) is 560 Å². The minimum Gasteiger partial charge on any atom is -0.463 e. The van der Waals surface area contributed by atoms with E-state index in [2.05, 4.69) is 0 Å². The Bertz CT molecular complexity index is 3650. The molecule has 8 aliphatic rings. The van der Waals surface area contributed by atoms with Gasteiger partial charge in [0.05, 0.1) is 6.42 Å². The molecule has 0 spiro atoms. The van der Waals surface area contributed by atoms with Gasteiger partial charge in [-0.1, -0.05) is 0 Å². The monoisotopic (exact) mass is 1970 g/mol. The molecule has 0 amide bonds. The Morgan fingerprint density at radius 2 is 0.338 bits per heavy atom. The molecule has 40 atom stereocenters. The highest BCUT2D eigenvalue weighted by molar-refractivity contribution is 5.81. The standard InChI is InChI=1S/C85H136O51/c1-36(86)26-27-53(95)129-54-46(29-114-38(3)88)122-79(71(106-19)63(54)98-11)131-56-48(31-116-40(5)90)124-81(73(108-21)65(56)100-13)133-58-50(33-118-42(7)92)126-83(75(110-23)67(58)102-15)135-60-52(35-120-44(9)94)128-85(77(112-25)69(60)104-17)136-61-51(34-119-43(8)93)127-84(76(111-24)68(61)103-16)134-59-49(32-117-41(6)91)125-82(74(109-22)66(59)101-14)132-57-47(30-115-39(4)89)123-80(72(107-20)64(57)99-12)130-55-45(28-113-37(2)87)121-78(96)70(105-18)62(55)97-10/h45-52,54-85,96H,26-35H2,1-25H3/t45-,46-,47-,48-,49-,50-,51-,52-,54-,55-,56-,57-,58-,59-,60-,61-,62+,63-,64+,65+,66+,67+,68+,69+,70-,71-,72-,73-,74-,75-,76-,77-,78+,79-,80-,81-,82-,83-,84-,85-/m1/s1. The molecule has 8 saturated heterocycles. The minimum atomic E-state index is -1.63. The first-order valence-corrected chi connectivity index (χ1v) is 43.7. The number of aliphatic hydroxyl groups is 1. The number of methoxy groups -OCH3 is 16. The first-order chi connectivity index (χ1) is 65.0. The first-order valence-electron chi connectivity index (χ1n) is 43.7. The summed E-state index contributed by atoms with van der Waals surface area (Å²) in [5.74, 6) is -7.04. The van der Waals surface area contributed by atoms with Gasteiger partial charge < -0.3 is 199 Å². The Hall–Kier alpha value is -6.38. The van der Waals surface area contributed by atoms with Crippen molar-refractivity contribution >= 4 is 59.5 Å². The maximum atomic E-state index is 13.2. The lowest BCUT2D eigenvalue weighted by Gasteiger charge is -2.52. The zero-order valence-corrected chi connectivity index (χ0v) is 81.0. The molecule has 0 saturated carbocycles. The van der Waals surface area contributed by atoms with Gasteiger partial charge in [-0.2, -0.15) is 0 Å². The summed E-state index contributed by atoms with van der Waals surface area (Å²) in [6.07, 6.45) is -55.6. The van der Waals surface area contributed by atoms with Crippen LogP contribution < -0.4 is 0 Å². The summed E-state index contributed by atoms with van der Waals surface area (Å²) in [6, 6.07) is 0. The second kappa shape index (κ2) is 55.9. The van der Waals surface area contributed by atoms with Crippen LogP contribution in [0.3, 0.4) is 0 Å². The zero-order valence-electron chi connectivity index (χ0n) is 81.0. The number of esters is 9. The smallest absolute Gasteiger partial charge is 0.306 e. The Morgan fingerprint density at radius 3 is 0.493 bits per heavy atom. The summed E-state index contributed by atoms with van der Waals surface area (Å²) in [5, 5.41) is 11.0. The van der Waals surface area contributed by atoms with Crippen LogP contribution >= 0.6 is 0 Å². The molecule has 51 heteroatoms. The molecule has 0 bridgehead atoms. The van der Waals surface area contributed by atoms with E-state index in [1.54, 1.807) is 0 Å². The number of hydrogen-bond donors (Lipinski definition) is 1. The molecule has 8 heterocycles. The average molecular weight is 1970 g/mol. The Balaban J connectivity index is 1.07. The molecule has 8 aliphatic heterocycles. The molecular weight excluding hydrogens is 1840 g/mol. The molecule has 0 aromatic rings. The van der Waals surface area contributed by atoms with Crippen LogP contribution in [0.15, 0.2) is 0 Å². The average Bonchev–Trinajstić information content (AvgIpc) is 0.758. The van der Waals surface area contributed by atoms with Gasteiger partial charge in [-0.05, 0) is 6.92 Å². The van der Waals surface area contributed by atoms with Crippen molar-refractivity contribution in [3.63, 3.8) is 0 Å². The molecule has 51 nitrogen and oxygen atoms in total. The van der Waals surface area contributed by atoms with Crippen LogP contribution in [-0.2, 0) is 237 Å². The van der Waals surface area contributed by atoms with E-state index >= 15 is 0 Å². The molecule has 1 N–H and O–H groups in total. The first kappa shape index (κ1) is 115. The number of carbonyl (C=O) groups excluding carboxylic acids is 10. The van der Waals surface area contributed by atoms with Crippen molar-refractivity contribution in [2.75, 3.05) is 167 Å². The summed E-state index contributed by atoms with van der Waals surface area (Å²) < 4.78 is 249. The quantitative estimate of drug-likeness (QED) is 0.0486. The molecule has 8 fully saturated rings. The molecule has 8 rings (SSSR count). The molecule has 0 radical (unpaired) electrons. The molecular formula is C85H136O51. The van der Waals surface area contributed by atoms with Crippen LogP contribution in [0.5, 0.6) is 0 Å². The fourth-order valence-electron chi connectivity index (χ4n) is 17.5. The number of hydrogen-bond acceptors (Lipinski definition) is 51. The molecule has 136 heavy (non-hydrogen) atoms. The third kappa shape index (κ3) is 29.7. The van der Waals surface area contributed by atoms with E-state index in [0.717, 1.165) is 48.5 Å². The predicted octanol–water partition coefficient (Wildman–Crippen LogP) is -2.50. The maximum absolute atomic E-state index is 13.2. The molecule has 782 valence electrons. The van der Waals surface area contributed by atoms with E-state index in [1.165, 1.54) is 128 Å². The normalized spacial score (nSPS) is 38.7. The molecule has 0 unspecified atom stereocenters. The largest absolute Gasteiger partial charge is 0.463 e. The van der Waals surface area contributed by atoms with Gasteiger partial charge in [0.2, 0.25) is 0 Å². The van der Waals surface area contributed by atoms with Gasteiger partial charge >= 0.3 is 53.7 Å². The third-order valence-electron chi connectivity index (χ3n) is 23.7. The van der Waals surface area contributed by atoms with Gasteiger partial charge in [0.25, 0.3) is 0 Å². The number of ketones is 1. The number of ether oxygens (including phenoxy) is 40. The van der Waals surface area contributed by atoms with Crippen molar-refractivity contribution in [3.05, 3.63) is 0 Å². The predicted molar refractivity (Wildman–Crippen MR) is 441 cm³/mol. The summed E-state index contributed by atoms with van der Waals surface area (Å²) in [7, 11) is 21.0. The van der Waals surface area contributed by atoms with E-state index in [-0.39, 0.29) is 18.6 Å². The van der Waals surface area contributed by atoms with Crippen molar-refractivity contribution < 1.29 is 243 Å². The Labute approximate surface area is 786 Å². The highest BCUT2D eigenvalue weighted by Gasteiger charge is 2.63. The Kier molecular flexibility index (Phi) is 47.2. The van der Waals surface area contributed by atoms with E-state index in [1.807, 2.05) is 0 Å². The molecule has 0 aromatic heterocycles. The summed E-state index contributed by atoms with van der Waals surface area (Å²) in [6.45, 7) is 6.19. The second-order valence-electron chi connectivity index (χ2n) is 32.4. The highest BCUT2D eigenvalue weighted by atomic mass is 16.8. The van der Waals surface area contributed by atoms with Crippen LogP contribution in [0.25, 0.3) is 0 Å². The minimum absolute atomic E-state index is 0.138. The van der Waals surface area contributed by atoms with Crippen molar-refractivity contribution in [3.8, 4) is 0 Å². The lowest BCUT2D eigenvalue weighted by molar-refractivity contribution is -0.404. The number of aliphatic hydroxyl groups excluding tert-OH is 1.